The van der Waals surface area contributed by atoms with Crippen LogP contribution in [0.3, 0.4) is 0 Å². The van der Waals surface area contributed by atoms with Gasteiger partial charge in [-0.05, 0) is 49.9 Å². The van der Waals surface area contributed by atoms with Crippen LogP contribution in [0.15, 0.2) is 58.5 Å². The van der Waals surface area contributed by atoms with Gasteiger partial charge in [-0.3, -0.25) is 9.10 Å². The minimum absolute atomic E-state index is 0.0679. The zero-order valence-electron chi connectivity index (χ0n) is 21.9. The normalized spacial score (nSPS) is 15.6. The lowest BCUT2D eigenvalue weighted by Gasteiger charge is -2.25. The van der Waals surface area contributed by atoms with Crippen LogP contribution in [0.25, 0.3) is 0 Å². The smallest absolute Gasteiger partial charge is 0.264 e. The lowest BCUT2D eigenvalue weighted by atomic mass is 10.00. The molecule has 0 aromatic heterocycles. The fourth-order valence-electron chi connectivity index (χ4n) is 4.45. The zero-order valence-corrected chi connectivity index (χ0v) is 22.8. The quantitative estimate of drug-likeness (QED) is 0.444. The first-order valence-electron chi connectivity index (χ1n) is 13.1. The third kappa shape index (κ3) is 8.49. The van der Waals surface area contributed by atoms with Gasteiger partial charge >= 0.3 is 0 Å². The number of methoxy groups -OCH3 is 2. The van der Waals surface area contributed by atoms with Crippen LogP contribution < -0.4 is 19.2 Å². The SMILES string of the molecule is COc1ccc(OC)c(N(CC(=O)NN=C2CCCCCCCCCCC2)S(=O)(=O)c2ccccc2)c1. The summed E-state index contributed by atoms with van der Waals surface area (Å²) in [6, 6.07) is 12.9. The van der Waals surface area contributed by atoms with E-state index in [4.69, 9.17) is 9.47 Å². The number of hydrogen-bond donors (Lipinski definition) is 1. The third-order valence-electron chi connectivity index (χ3n) is 6.54. The van der Waals surface area contributed by atoms with Gasteiger partial charge in [-0.1, -0.05) is 63.1 Å². The van der Waals surface area contributed by atoms with Gasteiger partial charge in [-0.25, -0.2) is 13.8 Å². The average Bonchev–Trinajstić information content (AvgIpc) is 2.91. The maximum atomic E-state index is 13.7. The van der Waals surface area contributed by atoms with E-state index < -0.39 is 22.5 Å². The Hall–Kier alpha value is -3.07. The van der Waals surface area contributed by atoms with Gasteiger partial charge in [0.2, 0.25) is 0 Å². The molecule has 0 heterocycles. The molecule has 0 aliphatic heterocycles. The number of carbonyl (C=O) groups excluding carboxylic acids is 1. The number of carbonyl (C=O) groups is 1. The molecule has 3 rings (SSSR count). The highest BCUT2D eigenvalue weighted by atomic mass is 32.2. The second-order valence-corrected chi connectivity index (χ2v) is 11.1. The number of benzene rings is 2. The summed E-state index contributed by atoms with van der Waals surface area (Å²) < 4.78 is 39.1. The van der Waals surface area contributed by atoms with E-state index in [1.54, 1.807) is 36.4 Å². The van der Waals surface area contributed by atoms with E-state index in [1.165, 1.54) is 58.5 Å². The van der Waals surface area contributed by atoms with Gasteiger partial charge in [-0.15, -0.1) is 0 Å². The summed E-state index contributed by atoms with van der Waals surface area (Å²) in [4.78, 5) is 13.2. The molecule has 9 heteroatoms. The van der Waals surface area contributed by atoms with Crippen molar-refractivity contribution in [2.24, 2.45) is 5.10 Å². The van der Waals surface area contributed by atoms with Crippen molar-refractivity contribution >= 4 is 27.3 Å². The van der Waals surface area contributed by atoms with Crippen LogP contribution >= 0.6 is 0 Å². The van der Waals surface area contributed by atoms with Crippen molar-refractivity contribution in [2.45, 2.75) is 75.5 Å². The lowest BCUT2D eigenvalue weighted by Crippen LogP contribution is -2.40. The summed E-state index contributed by atoms with van der Waals surface area (Å²) >= 11 is 0. The van der Waals surface area contributed by atoms with E-state index in [9.17, 15) is 13.2 Å². The molecule has 1 saturated carbocycles. The average molecular weight is 530 g/mol. The van der Waals surface area contributed by atoms with Crippen molar-refractivity contribution in [3.8, 4) is 11.5 Å². The molecule has 2 aromatic carbocycles. The highest BCUT2D eigenvalue weighted by Gasteiger charge is 2.30. The van der Waals surface area contributed by atoms with E-state index in [1.807, 2.05) is 0 Å². The van der Waals surface area contributed by atoms with Crippen LogP contribution in [-0.4, -0.2) is 40.8 Å². The van der Waals surface area contributed by atoms with Gasteiger partial charge < -0.3 is 9.47 Å². The number of ether oxygens (including phenoxy) is 2. The monoisotopic (exact) mass is 529 g/mol. The molecule has 37 heavy (non-hydrogen) atoms. The maximum absolute atomic E-state index is 13.7. The Morgan fingerprint density at radius 3 is 2.03 bits per heavy atom. The van der Waals surface area contributed by atoms with E-state index in [2.05, 4.69) is 10.5 Å². The zero-order chi connectivity index (χ0) is 26.5. The Balaban J connectivity index is 1.84. The van der Waals surface area contributed by atoms with Crippen molar-refractivity contribution in [1.82, 2.24) is 5.43 Å². The molecule has 0 saturated heterocycles. The first kappa shape index (κ1) is 28.5. The van der Waals surface area contributed by atoms with Gasteiger partial charge in [0.15, 0.2) is 0 Å². The highest BCUT2D eigenvalue weighted by Crippen LogP contribution is 2.35. The molecule has 0 bridgehead atoms. The van der Waals surface area contributed by atoms with Crippen molar-refractivity contribution < 1.29 is 22.7 Å². The first-order valence-corrected chi connectivity index (χ1v) is 14.5. The third-order valence-corrected chi connectivity index (χ3v) is 8.32. The lowest BCUT2D eigenvalue weighted by molar-refractivity contribution is -0.119. The Kier molecular flexibility index (Phi) is 11.3. The minimum Gasteiger partial charge on any atom is -0.497 e. The van der Waals surface area contributed by atoms with E-state index in [0.29, 0.717) is 11.5 Å². The summed E-state index contributed by atoms with van der Waals surface area (Å²) in [6.45, 7) is -0.461. The van der Waals surface area contributed by atoms with Crippen LogP contribution in [-0.2, 0) is 14.8 Å². The van der Waals surface area contributed by atoms with Gasteiger partial charge in [0.05, 0.1) is 24.8 Å². The molecule has 8 nitrogen and oxygen atoms in total. The van der Waals surface area contributed by atoms with Gasteiger partial charge in [0.1, 0.15) is 18.0 Å². The molecule has 202 valence electrons. The van der Waals surface area contributed by atoms with Gasteiger partial charge in [-0.2, -0.15) is 5.10 Å². The topological polar surface area (TPSA) is 97.3 Å². The largest absolute Gasteiger partial charge is 0.497 e. The summed E-state index contributed by atoms with van der Waals surface area (Å²) in [5, 5.41) is 4.43. The molecule has 1 aliphatic carbocycles. The predicted octanol–water partition coefficient (Wildman–Crippen LogP) is 5.68. The summed E-state index contributed by atoms with van der Waals surface area (Å²) in [5.41, 5.74) is 3.80. The fourth-order valence-corrected chi connectivity index (χ4v) is 5.89. The van der Waals surface area contributed by atoms with Gasteiger partial charge in [0.25, 0.3) is 15.9 Å². The Labute approximate surface area is 221 Å². The van der Waals surface area contributed by atoms with E-state index in [-0.39, 0.29) is 10.6 Å². The second-order valence-electron chi connectivity index (χ2n) is 9.26. The Bertz CT molecular complexity index is 1120. The van der Waals surface area contributed by atoms with Crippen molar-refractivity contribution in [2.75, 3.05) is 25.1 Å². The molecular weight excluding hydrogens is 490 g/mol. The van der Waals surface area contributed by atoms with Crippen molar-refractivity contribution in [1.29, 1.82) is 0 Å². The molecule has 0 spiro atoms. The van der Waals surface area contributed by atoms with Crippen LogP contribution in [0, 0.1) is 0 Å². The summed E-state index contributed by atoms with van der Waals surface area (Å²) in [6.07, 6.45) is 12.4. The fraction of sp³-hybridized carbons (Fsp3) is 0.500. The summed E-state index contributed by atoms with van der Waals surface area (Å²) in [5.74, 6) is 0.222. The molecule has 2 aromatic rings. The van der Waals surface area contributed by atoms with Crippen molar-refractivity contribution in [3.05, 3.63) is 48.5 Å². The number of sulfonamides is 1. The standard InChI is InChI=1S/C28H39N3O5S/c1-35-24-19-20-27(36-2)26(21-24)31(37(33,34)25-17-13-10-14-18-25)22-28(32)30-29-23-15-11-8-6-4-3-5-7-9-12-16-23/h10,13-14,17-21H,3-9,11-12,15-16,22H2,1-2H3,(H,30,32). The molecule has 1 fully saturated rings. The highest BCUT2D eigenvalue weighted by molar-refractivity contribution is 7.92. The van der Waals surface area contributed by atoms with Crippen molar-refractivity contribution in [3.63, 3.8) is 0 Å². The van der Waals surface area contributed by atoms with Gasteiger partial charge in [0, 0.05) is 11.8 Å². The molecular formula is C28H39N3O5S. The molecule has 1 aliphatic rings. The predicted molar refractivity (Wildman–Crippen MR) is 147 cm³/mol. The van der Waals surface area contributed by atoms with E-state index in [0.717, 1.165) is 48.5 Å². The van der Waals surface area contributed by atoms with Crippen LogP contribution in [0.2, 0.25) is 0 Å². The minimum atomic E-state index is -4.09. The molecule has 0 atom stereocenters. The van der Waals surface area contributed by atoms with E-state index >= 15 is 0 Å². The molecule has 0 radical (unpaired) electrons. The number of rotatable bonds is 8. The molecule has 1 amide bonds. The number of amides is 1. The van der Waals surface area contributed by atoms with Crippen LogP contribution in [0.5, 0.6) is 11.5 Å². The van der Waals surface area contributed by atoms with Crippen LogP contribution in [0.1, 0.15) is 70.6 Å². The van der Waals surface area contributed by atoms with Crippen LogP contribution in [0.4, 0.5) is 5.69 Å². The number of hydrazone groups is 1. The number of nitrogens with one attached hydrogen (secondary N) is 1. The number of anilines is 1. The Morgan fingerprint density at radius 1 is 0.865 bits per heavy atom. The molecule has 1 N–H and O–H groups in total. The maximum Gasteiger partial charge on any atom is 0.264 e. The number of nitrogens with zero attached hydrogens (tertiary/aromatic N) is 2. The summed E-state index contributed by atoms with van der Waals surface area (Å²) in [7, 11) is -1.14. The Morgan fingerprint density at radius 2 is 1.46 bits per heavy atom. The molecule has 0 unspecified atom stereocenters. The first-order chi connectivity index (χ1) is 18.0. The number of hydrogen-bond acceptors (Lipinski definition) is 6. The second kappa shape index (κ2) is 14.6.